The van der Waals surface area contributed by atoms with Crippen LogP contribution in [-0.2, 0) is 17.9 Å². The zero-order chi connectivity index (χ0) is 25.5. The van der Waals surface area contributed by atoms with E-state index in [1.165, 1.54) is 32.5 Å². The molecule has 2 N–H and O–H groups in total. The largest absolute Gasteiger partial charge is 0.497 e. The summed E-state index contributed by atoms with van der Waals surface area (Å²) in [5.41, 5.74) is -0.541. The summed E-state index contributed by atoms with van der Waals surface area (Å²) in [6.07, 6.45) is 5.94. The number of benzene rings is 1. The first-order valence-corrected chi connectivity index (χ1v) is 10.9. The molecule has 1 aromatic carbocycles. The van der Waals surface area contributed by atoms with Gasteiger partial charge in [0.1, 0.15) is 5.75 Å². The van der Waals surface area contributed by atoms with Gasteiger partial charge < -0.3 is 9.64 Å². The standard InChI is InChI=1S/C24H27N5O6/c1-16-14-28(23(33)25-21(16)31)12-10-27(11-13-29-15-17(2)22(32)26-24(29)34)20(30)9-6-18-4-7-19(35-3)8-5-18/h4-9,14-15H,10-13H2,1-3H3,(H,25,31,33)(H,26,32,34)/b9-6+. The van der Waals surface area contributed by atoms with Crippen molar-refractivity contribution in [3.05, 3.63) is 101 Å². The highest BCUT2D eigenvalue weighted by molar-refractivity contribution is 5.91. The molecule has 0 fully saturated rings. The fraction of sp³-hybridized carbons (Fsp3) is 0.292. The number of carbonyl (C=O) groups is 1. The second kappa shape index (κ2) is 11.1. The van der Waals surface area contributed by atoms with E-state index in [-0.39, 0.29) is 32.1 Å². The zero-order valence-corrected chi connectivity index (χ0v) is 19.7. The van der Waals surface area contributed by atoms with E-state index in [2.05, 4.69) is 9.97 Å². The Labute approximate surface area is 199 Å². The molecule has 2 heterocycles. The van der Waals surface area contributed by atoms with Gasteiger partial charge in [0.25, 0.3) is 11.1 Å². The van der Waals surface area contributed by atoms with Crippen LogP contribution in [0.1, 0.15) is 16.7 Å². The molecule has 1 amide bonds. The van der Waals surface area contributed by atoms with Crippen molar-refractivity contribution in [2.24, 2.45) is 0 Å². The number of rotatable bonds is 9. The van der Waals surface area contributed by atoms with Crippen molar-refractivity contribution in [1.29, 1.82) is 0 Å². The molecule has 0 unspecified atom stereocenters. The summed E-state index contributed by atoms with van der Waals surface area (Å²) in [6.45, 7) is 3.74. The number of methoxy groups -OCH3 is 1. The Morgan fingerprint density at radius 1 is 0.886 bits per heavy atom. The first-order valence-electron chi connectivity index (χ1n) is 10.9. The van der Waals surface area contributed by atoms with Crippen LogP contribution in [-0.4, -0.2) is 50.1 Å². The molecule has 3 aromatic rings. The number of ether oxygens (including phenoxy) is 1. The Kier molecular flexibility index (Phi) is 8.03. The number of aryl methyl sites for hydroxylation is 2. The van der Waals surface area contributed by atoms with Gasteiger partial charge in [0.2, 0.25) is 5.91 Å². The maximum Gasteiger partial charge on any atom is 0.328 e. The van der Waals surface area contributed by atoms with Gasteiger partial charge in [-0.1, -0.05) is 12.1 Å². The number of nitrogens with zero attached hydrogens (tertiary/aromatic N) is 3. The predicted molar refractivity (Wildman–Crippen MR) is 131 cm³/mol. The van der Waals surface area contributed by atoms with Crippen molar-refractivity contribution in [1.82, 2.24) is 24.0 Å². The van der Waals surface area contributed by atoms with Crippen molar-refractivity contribution in [2.45, 2.75) is 26.9 Å². The van der Waals surface area contributed by atoms with Crippen LogP contribution >= 0.6 is 0 Å². The lowest BCUT2D eigenvalue weighted by molar-refractivity contribution is -0.126. The fourth-order valence-electron chi connectivity index (χ4n) is 3.35. The van der Waals surface area contributed by atoms with Crippen molar-refractivity contribution in [3.63, 3.8) is 0 Å². The average molecular weight is 482 g/mol. The molecule has 0 aliphatic rings. The van der Waals surface area contributed by atoms with Gasteiger partial charge in [-0.05, 0) is 37.6 Å². The van der Waals surface area contributed by atoms with Crippen molar-refractivity contribution < 1.29 is 9.53 Å². The molecule has 11 heteroatoms. The molecule has 35 heavy (non-hydrogen) atoms. The summed E-state index contributed by atoms with van der Waals surface area (Å²) in [7, 11) is 1.57. The highest BCUT2D eigenvalue weighted by Crippen LogP contribution is 2.12. The van der Waals surface area contributed by atoms with Crippen LogP contribution in [0.5, 0.6) is 5.75 Å². The smallest absolute Gasteiger partial charge is 0.328 e. The molecule has 0 saturated carbocycles. The first-order chi connectivity index (χ1) is 16.7. The molecule has 0 aliphatic heterocycles. The van der Waals surface area contributed by atoms with Gasteiger partial charge >= 0.3 is 11.4 Å². The van der Waals surface area contributed by atoms with Crippen molar-refractivity contribution >= 4 is 12.0 Å². The molecule has 11 nitrogen and oxygen atoms in total. The van der Waals surface area contributed by atoms with Gasteiger partial charge in [0.05, 0.1) is 7.11 Å². The Morgan fingerprint density at radius 3 is 1.83 bits per heavy atom. The molecular formula is C24H27N5O6. The third kappa shape index (κ3) is 6.56. The topological polar surface area (TPSA) is 139 Å². The quantitative estimate of drug-likeness (QED) is 0.420. The minimum absolute atomic E-state index is 0.137. The minimum Gasteiger partial charge on any atom is -0.497 e. The zero-order valence-electron chi connectivity index (χ0n) is 19.7. The van der Waals surface area contributed by atoms with Gasteiger partial charge in [-0.3, -0.25) is 33.5 Å². The lowest BCUT2D eigenvalue weighted by Gasteiger charge is -2.22. The van der Waals surface area contributed by atoms with Gasteiger partial charge in [0.15, 0.2) is 0 Å². The number of amides is 1. The summed E-state index contributed by atoms with van der Waals surface area (Å²) < 4.78 is 7.77. The number of hydrogen-bond donors (Lipinski definition) is 2. The van der Waals surface area contributed by atoms with E-state index in [0.717, 1.165) is 5.56 Å². The Morgan fingerprint density at radius 2 is 1.37 bits per heavy atom. The highest BCUT2D eigenvalue weighted by atomic mass is 16.5. The monoisotopic (exact) mass is 481 g/mol. The Hall–Kier alpha value is -4.41. The summed E-state index contributed by atoms with van der Waals surface area (Å²) >= 11 is 0. The molecule has 3 rings (SSSR count). The van der Waals surface area contributed by atoms with E-state index in [1.54, 1.807) is 51.3 Å². The second-order valence-electron chi connectivity index (χ2n) is 7.96. The van der Waals surface area contributed by atoms with Gasteiger partial charge in [-0.15, -0.1) is 0 Å². The third-order valence-electron chi connectivity index (χ3n) is 5.45. The Balaban J connectivity index is 1.80. The first kappa shape index (κ1) is 25.2. The van der Waals surface area contributed by atoms with Crippen LogP contribution in [0.25, 0.3) is 6.08 Å². The predicted octanol–water partition coefficient (Wildman–Crippen LogP) is 0.254. The molecule has 0 atom stereocenters. The van der Waals surface area contributed by atoms with E-state index in [4.69, 9.17) is 4.74 Å². The number of H-pyrrole nitrogens is 2. The van der Waals surface area contributed by atoms with Crippen LogP contribution < -0.4 is 27.2 Å². The van der Waals surface area contributed by atoms with Crippen molar-refractivity contribution in [2.75, 3.05) is 20.2 Å². The summed E-state index contributed by atoms with van der Waals surface area (Å²) in [5, 5.41) is 0. The normalized spacial score (nSPS) is 11.1. The molecule has 184 valence electrons. The van der Waals surface area contributed by atoms with E-state index in [0.29, 0.717) is 16.9 Å². The van der Waals surface area contributed by atoms with Crippen LogP contribution in [0, 0.1) is 13.8 Å². The van der Waals surface area contributed by atoms with Gasteiger partial charge in [0, 0.05) is 55.8 Å². The number of nitrogens with one attached hydrogen (secondary N) is 2. The number of carbonyl (C=O) groups excluding carboxylic acids is 1. The molecule has 2 aromatic heterocycles. The maximum absolute atomic E-state index is 13.0. The summed E-state index contributed by atoms with van der Waals surface area (Å²) in [4.78, 5) is 66.5. The SMILES string of the molecule is COc1ccc(/C=C/C(=O)N(CCn2cc(C)c(=O)[nH]c2=O)CCn2cc(C)c(=O)[nH]c2=O)cc1. The van der Waals surface area contributed by atoms with Gasteiger partial charge in [-0.25, -0.2) is 9.59 Å². The third-order valence-corrected chi connectivity index (χ3v) is 5.45. The molecule has 0 saturated heterocycles. The summed E-state index contributed by atoms with van der Waals surface area (Å²) in [6, 6.07) is 7.16. The minimum atomic E-state index is -0.575. The second-order valence-corrected chi connectivity index (χ2v) is 7.96. The number of aromatic amines is 2. The average Bonchev–Trinajstić information content (AvgIpc) is 2.83. The van der Waals surface area contributed by atoms with Crippen LogP contribution in [0.2, 0.25) is 0 Å². The van der Waals surface area contributed by atoms with Gasteiger partial charge in [-0.2, -0.15) is 0 Å². The van der Waals surface area contributed by atoms with Crippen LogP contribution in [0.15, 0.2) is 61.9 Å². The number of aromatic nitrogens is 4. The Bertz CT molecular complexity index is 1380. The van der Waals surface area contributed by atoms with E-state index in [1.807, 2.05) is 0 Å². The lowest BCUT2D eigenvalue weighted by atomic mass is 10.2. The molecule has 0 spiro atoms. The molecule has 0 radical (unpaired) electrons. The van der Waals surface area contributed by atoms with E-state index < -0.39 is 22.5 Å². The number of hydrogen-bond acceptors (Lipinski definition) is 6. The van der Waals surface area contributed by atoms with E-state index >= 15 is 0 Å². The maximum atomic E-state index is 13.0. The van der Waals surface area contributed by atoms with E-state index in [9.17, 15) is 24.0 Å². The lowest BCUT2D eigenvalue weighted by Crippen LogP contribution is -2.40. The van der Waals surface area contributed by atoms with Crippen LogP contribution in [0.4, 0.5) is 0 Å². The summed E-state index contributed by atoms with van der Waals surface area (Å²) in [5.74, 6) is 0.364. The molecule has 0 aliphatic carbocycles. The fourth-order valence-corrected chi connectivity index (χ4v) is 3.35. The molecule has 0 bridgehead atoms. The highest BCUT2D eigenvalue weighted by Gasteiger charge is 2.13. The van der Waals surface area contributed by atoms with Crippen molar-refractivity contribution in [3.8, 4) is 5.75 Å². The van der Waals surface area contributed by atoms with Crippen LogP contribution in [0.3, 0.4) is 0 Å². The molecular weight excluding hydrogens is 454 g/mol.